The fourth-order valence-electron chi connectivity index (χ4n) is 3.47. The van der Waals surface area contributed by atoms with Gasteiger partial charge in [0.2, 0.25) is 0 Å². The highest BCUT2D eigenvalue weighted by molar-refractivity contribution is 6.39. The summed E-state index contributed by atoms with van der Waals surface area (Å²) in [7, 11) is 0. The van der Waals surface area contributed by atoms with E-state index >= 15 is 0 Å². The van der Waals surface area contributed by atoms with Gasteiger partial charge in [-0.2, -0.15) is 0 Å². The van der Waals surface area contributed by atoms with E-state index in [2.05, 4.69) is 15.6 Å². The molecule has 0 fully saturated rings. The van der Waals surface area contributed by atoms with E-state index in [0.29, 0.717) is 24.2 Å². The molecule has 1 amide bonds. The van der Waals surface area contributed by atoms with Crippen molar-refractivity contribution in [2.75, 3.05) is 28.6 Å². The van der Waals surface area contributed by atoms with Crippen molar-refractivity contribution in [3.63, 3.8) is 0 Å². The largest absolute Gasteiger partial charge is 0.480 e. The van der Waals surface area contributed by atoms with Gasteiger partial charge in [-0.3, -0.25) is 19.4 Å². The molecule has 9 nitrogen and oxygen atoms in total. The lowest BCUT2D eigenvalue weighted by Gasteiger charge is -2.26. The molecule has 0 bridgehead atoms. The Hall–Kier alpha value is -3.43. The standard InChI is InChI=1S/C23H22Cl2N4O5/c1-3-29(4-2)19-18(20(30)21(19)31)27-16(23(33)34)9-12-5-7-13(8-6-12)22(32)28-17-14(24)10-26-11-15(17)25/h5-8,10-11,16,27H,3-4,9H2,1-2H3,(H,33,34)(H,26,28,32)/t16-/m0/s1. The lowest BCUT2D eigenvalue weighted by Crippen LogP contribution is -2.45. The SMILES string of the molecule is CCN(CC)c1c(N[C@@H](Cc2ccc(C(=O)Nc3c(Cl)cncc3Cl)cc2)C(=O)O)c(=O)c1=O. The fourth-order valence-corrected chi connectivity index (χ4v) is 3.93. The van der Waals surface area contributed by atoms with Crippen LogP contribution in [0.5, 0.6) is 0 Å². The molecular weight excluding hydrogens is 483 g/mol. The molecule has 1 atom stereocenters. The highest BCUT2D eigenvalue weighted by atomic mass is 35.5. The van der Waals surface area contributed by atoms with E-state index in [1.165, 1.54) is 24.5 Å². The number of carbonyl (C=O) groups is 2. The predicted octanol–water partition coefficient (Wildman–Crippen LogP) is 3.19. The van der Waals surface area contributed by atoms with Crippen molar-refractivity contribution >= 4 is 52.1 Å². The fraction of sp³-hybridized carbons (Fsp3) is 0.261. The number of aliphatic carboxylic acids is 1. The molecule has 0 spiro atoms. The summed E-state index contributed by atoms with van der Waals surface area (Å²) in [5, 5.41) is 15.4. The van der Waals surface area contributed by atoms with Gasteiger partial charge in [0.15, 0.2) is 0 Å². The third-order valence-corrected chi connectivity index (χ3v) is 5.90. The minimum Gasteiger partial charge on any atom is -0.480 e. The Bertz CT molecular complexity index is 1260. The zero-order valence-corrected chi connectivity index (χ0v) is 19.9. The summed E-state index contributed by atoms with van der Waals surface area (Å²) in [6.45, 7) is 4.70. The lowest BCUT2D eigenvalue weighted by molar-refractivity contribution is -0.137. The van der Waals surface area contributed by atoms with Gasteiger partial charge in [-0.15, -0.1) is 0 Å². The van der Waals surface area contributed by atoms with Crippen molar-refractivity contribution in [3.05, 3.63) is 78.3 Å². The van der Waals surface area contributed by atoms with Gasteiger partial charge < -0.3 is 20.6 Å². The molecule has 0 saturated heterocycles. The van der Waals surface area contributed by atoms with Crippen molar-refractivity contribution in [1.29, 1.82) is 0 Å². The van der Waals surface area contributed by atoms with Crippen LogP contribution in [0.25, 0.3) is 0 Å². The van der Waals surface area contributed by atoms with E-state index in [1.54, 1.807) is 17.0 Å². The Kier molecular flexibility index (Phi) is 7.90. The van der Waals surface area contributed by atoms with Crippen molar-refractivity contribution < 1.29 is 14.7 Å². The molecule has 0 unspecified atom stereocenters. The summed E-state index contributed by atoms with van der Waals surface area (Å²) in [5.41, 5.74) is 0.0245. The number of amides is 1. The topological polar surface area (TPSA) is 129 Å². The van der Waals surface area contributed by atoms with Crippen LogP contribution in [0.15, 0.2) is 46.2 Å². The lowest BCUT2D eigenvalue weighted by atomic mass is 10.0. The summed E-state index contributed by atoms with van der Waals surface area (Å²) in [6, 6.07) is 5.13. The molecule has 11 heteroatoms. The first-order valence-corrected chi connectivity index (χ1v) is 11.2. The van der Waals surface area contributed by atoms with Gasteiger partial charge in [0.05, 0.1) is 15.7 Å². The first-order valence-electron chi connectivity index (χ1n) is 10.4. The number of aromatic nitrogens is 1. The van der Waals surface area contributed by atoms with Crippen LogP contribution in [-0.2, 0) is 11.2 Å². The zero-order chi connectivity index (χ0) is 25.0. The average molecular weight is 505 g/mol. The monoisotopic (exact) mass is 504 g/mol. The first kappa shape index (κ1) is 25.2. The van der Waals surface area contributed by atoms with Crippen molar-refractivity contribution in [3.8, 4) is 0 Å². The normalized spacial score (nSPS) is 11.8. The second kappa shape index (κ2) is 10.7. The molecule has 3 aromatic rings. The zero-order valence-electron chi connectivity index (χ0n) is 18.4. The molecule has 0 saturated carbocycles. The number of pyridine rings is 1. The molecule has 2 aromatic carbocycles. The van der Waals surface area contributed by atoms with Crippen molar-refractivity contribution in [2.24, 2.45) is 0 Å². The predicted molar refractivity (Wildman–Crippen MR) is 132 cm³/mol. The number of hydrogen-bond donors (Lipinski definition) is 3. The van der Waals surface area contributed by atoms with E-state index in [0.717, 1.165) is 0 Å². The third-order valence-electron chi connectivity index (χ3n) is 5.33. The van der Waals surface area contributed by atoms with E-state index in [1.807, 2.05) is 13.8 Å². The van der Waals surface area contributed by atoms with Crippen LogP contribution in [0, 0.1) is 0 Å². The first-order chi connectivity index (χ1) is 16.2. The molecular formula is C23H22Cl2N4O5. The van der Waals surface area contributed by atoms with Crippen LogP contribution < -0.4 is 26.4 Å². The number of carboxylic acids is 1. The van der Waals surface area contributed by atoms with Crippen LogP contribution in [0.2, 0.25) is 10.0 Å². The Morgan fingerprint density at radius 3 is 2.12 bits per heavy atom. The number of anilines is 3. The van der Waals surface area contributed by atoms with Crippen LogP contribution in [-0.4, -0.2) is 41.1 Å². The number of rotatable bonds is 10. The van der Waals surface area contributed by atoms with E-state index in [9.17, 15) is 24.3 Å². The van der Waals surface area contributed by atoms with Gasteiger partial charge in [0, 0.05) is 37.5 Å². The number of carboxylic acid groups (broad SMARTS) is 1. The summed E-state index contributed by atoms with van der Waals surface area (Å²) < 4.78 is 0. The van der Waals surface area contributed by atoms with Crippen LogP contribution in [0.4, 0.5) is 17.1 Å². The van der Waals surface area contributed by atoms with E-state index in [-0.39, 0.29) is 33.5 Å². The number of nitrogens with one attached hydrogen (secondary N) is 2. The van der Waals surface area contributed by atoms with E-state index < -0.39 is 28.8 Å². The molecule has 178 valence electrons. The van der Waals surface area contributed by atoms with E-state index in [4.69, 9.17) is 23.2 Å². The summed E-state index contributed by atoms with van der Waals surface area (Å²) in [6.07, 6.45) is 2.73. The Morgan fingerprint density at radius 1 is 1.00 bits per heavy atom. The smallest absolute Gasteiger partial charge is 0.326 e. The van der Waals surface area contributed by atoms with Gasteiger partial charge in [-0.1, -0.05) is 35.3 Å². The number of hydrogen-bond acceptors (Lipinski definition) is 7. The van der Waals surface area contributed by atoms with Gasteiger partial charge in [-0.25, -0.2) is 4.79 Å². The van der Waals surface area contributed by atoms with Gasteiger partial charge in [0.25, 0.3) is 16.8 Å². The third kappa shape index (κ3) is 5.21. The maximum atomic E-state index is 12.5. The number of halogens is 2. The highest BCUT2D eigenvalue weighted by Crippen LogP contribution is 2.29. The maximum absolute atomic E-state index is 12.5. The second-order valence-electron chi connectivity index (χ2n) is 7.42. The maximum Gasteiger partial charge on any atom is 0.326 e. The van der Waals surface area contributed by atoms with Crippen LogP contribution in [0.1, 0.15) is 29.8 Å². The number of nitrogens with zero attached hydrogens (tertiary/aromatic N) is 2. The average Bonchev–Trinajstić information content (AvgIpc) is 2.82. The highest BCUT2D eigenvalue weighted by Gasteiger charge is 2.29. The molecule has 0 radical (unpaired) electrons. The second-order valence-corrected chi connectivity index (χ2v) is 8.24. The Labute approximate surface area is 205 Å². The van der Waals surface area contributed by atoms with Crippen LogP contribution >= 0.6 is 23.2 Å². The number of benzene rings is 1. The molecule has 1 aromatic heterocycles. The molecule has 34 heavy (non-hydrogen) atoms. The summed E-state index contributed by atoms with van der Waals surface area (Å²) in [4.78, 5) is 54.0. The van der Waals surface area contributed by atoms with Gasteiger partial charge >= 0.3 is 5.97 Å². The minimum atomic E-state index is -1.18. The molecule has 1 heterocycles. The van der Waals surface area contributed by atoms with Gasteiger partial charge in [-0.05, 0) is 31.5 Å². The molecule has 3 N–H and O–H groups in total. The number of carbonyl (C=O) groups excluding carboxylic acids is 1. The van der Waals surface area contributed by atoms with Gasteiger partial charge in [0.1, 0.15) is 17.4 Å². The van der Waals surface area contributed by atoms with Crippen molar-refractivity contribution in [2.45, 2.75) is 26.3 Å². The van der Waals surface area contributed by atoms with Crippen LogP contribution in [0.3, 0.4) is 0 Å². The quantitative estimate of drug-likeness (QED) is 0.359. The molecule has 0 aliphatic heterocycles. The minimum absolute atomic E-state index is 0.0169. The summed E-state index contributed by atoms with van der Waals surface area (Å²) >= 11 is 12.0. The molecule has 0 aliphatic rings. The molecule has 0 aliphatic carbocycles. The van der Waals surface area contributed by atoms with Crippen molar-refractivity contribution in [1.82, 2.24) is 4.98 Å². The molecule has 3 rings (SSSR count). The Balaban J connectivity index is 1.74. The Morgan fingerprint density at radius 2 is 1.59 bits per heavy atom. The summed E-state index contributed by atoms with van der Waals surface area (Å²) in [5.74, 6) is -1.63.